The van der Waals surface area contributed by atoms with E-state index in [9.17, 15) is 4.39 Å². The number of rotatable bonds is 2. The van der Waals surface area contributed by atoms with Gasteiger partial charge in [0.15, 0.2) is 0 Å². The third-order valence-corrected chi connectivity index (χ3v) is 2.82. The predicted molar refractivity (Wildman–Crippen MR) is 59.4 cm³/mol. The molecule has 1 aliphatic heterocycles. The predicted octanol–water partition coefficient (Wildman–Crippen LogP) is 3.64. The van der Waals surface area contributed by atoms with Gasteiger partial charge in [-0.05, 0) is 23.3 Å². The van der Waals surface area contributed by atoms with Gasteiger partial charge in [0.25, 0.3) is 0 Å². The minimum atomic E-state index is -0.208. The highest BCUT2D eigenvalue weighted by molar-refractivity contribution is 5.30. The Bertz CT molecular complexity index is 478. The Balaban J connectivity index is 1.79. The van der Waals surface area contributed by atoms with E-state index < -0.39 is 0 Å². The summed E-state index contributed by atoms with van der Waals surface area (Å²) in [5, 5.41) is 0. The minimum absolute atomic E-state index is 0.0861. The zero-order valence-corrected chi connectivity index (χ0v) is 8.64. The van der Waals surface area contributed by atoms with E-state index in [0.29, 0.717) is 0 Å². The first kappa shape index (κ1) is 9.55. The Kier molecular flexibility index (Phi) is 2.22. The molecule has 0 aromatic heterocycles. The second kappa shape index (κ2) is 3.72. The van der Waals surface area contributed by atoms with Crippen LogP contribution in [0, 0.1) is 5.82 Å². The second-order valence-corrected chi connectivity index (χ2v) is 3.94. The van der Waals surface area contributed by atoms with E-state index in [4.69, 9.17) is 4.74 Å². The molecular weight excluding hydrogens is 203 g/mol. The molecule has 3 rings (SSSR count). The summed E-state index contributed by atoms with van der Waals surface area (Å²) in [4.78, 5) is 0. The van der Waals surface area contributed by atoms with Crippen LogP contribution in [-0.2, 0) is 4.74 Å². The summed E-state index contributed by atoms with van der Waals surface area (Å²) in [6.07, 6.45) is 0.217. The van der Waals surface area contributed by atoms with Gasteiger partial charge in [-0.2, -0.15) is 0 Å². The van der Waals surface area contributed by atoms with Crippen LogP contribution >= 0.6 is 0 Å². The summed E-state index contributed by atoms with van der Waals surface area (Å²) in [6, 6.07) is 16.6. The van der Waals surface area contributed by atoms with Gasteiger partial charge in [0.05, 0.1) is 0 Å². The molecule has 0 aliphatic carbocycles. The number of hydrogen-bond acceptors (Lipinski definition) is 1. The van der Waals surface area contributed by atoms with Crippen LogP contribution < -0.4 is 0 Å². The van der Waals surface area contributed by atoms with E-state index in [0.717, 1.165) is 5.56 Å². The fourth-order valence-corrected chi connectivity index (χ4v) is 1.91. The maximum absolute atomic E-state index is 12.7. The molecule has 80 valence electrons. The lowest BCUT2D eigenvalue weighted by Gasteiger charge is -1.96. The summed E-state index contributed by atoms with van der Waals surface area (Å²) >= 11 is 0. The Labute approximate surface area is 93.5 Å². The van der Waals surface area contributed by atoms with Crippen molar-refractivity contribution in [3.05, 3.63) is 71.5 Å². The van der Waals surface area contributed by atoms with E-state index in [1.807, 2.05) is 30.3 Å². The average molecular weight is 214 g/mol. The normalized spacial score (nSPS) is 23.1. The van der Waals surface area contributed by atoms with Crippen LogP contribution in [0.15, 0.2) is 54.6 Å². The van der Waals surface area contributed by atoms with Gasteiger partial charge in [0.2, 0.25) is 0 Å². The smallest absolute Gasteiger partial charge is 0.123 e. The SMILES string of the molecule is Fc1ccc([C@@H]2O[C@H]2c2ccccc2)cc1. The van der Waals surface area contributed by atoms with Crippen molar-refractivity contribution in [1.29, 1.82) is 0 Å². The van der Waals surface area contributed by atoms with E-state index in [1.165, 1.54) is 17.7 Å². The first-order chi connectivity index (χ1) is 7.84. The third kappa shape index (κ3) is 1.72. The molecule has 0 radical (unpaired) electrons. The Morgan fingerprint density at radius 1 is 0.750 bits per heavy atom. The molecule has 0 spiro atoms. The molecule has 2 aromatic rings. The lowest BCUT2D eigenvalue weighted by Crippen LogP contribution is -1.84. The maximum Gasteiger partial charge on any atom is 0.123 e. The van der Waals surface area contributed by atoms with Crippen molar-refractivity contribution in [3.63, 3.8) is 0 Å². The highest BCUT2D eigenvalue weighted by Gasteiger charge is 2.41. The van der Waals surface area contributed by atoms with Crippen molar-refractivity contribution in [2.24, 2.45) is 0 Å². The van der Waals surface area contributed by atoms with Gasteiger partial charge < -0.3 is 4.74 Å². The Morgan fingerprint density at radius 2 is 1.31 bits per heavy atom. The number of benzene rings is 2. The molecule has 1 fully saturated rings. The summed E-state index contributed by atoms with van der Waals surface area (Å²) in [5.41, 5.74) is 2.21. The van der Waals surface area contributed by atoms with Crippen molar-refractivity contribution in [1.82, 2.24) is 0 Å². The van der Waals surface area contributed by atoms with Crippen molar-refractivity contribution in [2.45, 2.75) is 12.2 Å². The highest BCUT2D eigenvalue weighted by atomic mass is 19.1. The second-order valence-electron chi connectivity index (χ2n) is 3.94. The first-order valence-electron chi connectivity index (χ1n) is 5.30. The topological polar surface area (TPSA) is 12.5 Å². The van der Waals surface area contributed by atoms with Crippen molar-refractivity contribution in [2.75, 3.05) is 0 Å². The zero-order valence-electron chi connectivity index (χ0n) is 8.64. The molecule has 0 saturated carbocycles. The van der Waals surface area contributed by atoms with Crippen LogP contribution in [0.2, 0.25) is 0 Å². The standard InChI is InChI=1S/C14H11FO/c15-12-8-6-11(7-9-12)14-13(16-14)10-4-2-1-3-5-10/h1-9,13-14H/t13-,14-/m0/s1. The molecule has 1 saturated heterocycles. The van der Waals surface area contributed by atoms with Gasteiger partial charge in [-0.3, -0.25) is 0 Å². The summed E-state index contributed by atoms with van der Waals surface area (Å²) < 4.78 is 18.4. The lowest BCUT2D eigenvalue weighted by molar-refractivity contribution is 0.377. The molecule has 16 heavy (non-hydrogen) atoms. The van der Waals surface area contributed by atoms with Gasteiger partial charge in [-0.25, -0.2) is 4.39 Å². The maximum atomic E-state index is 12.7. The Morgan fingerprint density at radius 3 is 1.94 bits per heavy atom. The fourth-order valence-electron chi connectivity index (χ4n) is 1.91. The minimum Gasteiger partial charge on any atom is -0.359 e. The van der Waals surface area contributed by atoms with Crippen LogP contribution in [0.5, 0.6) is 0 Å². The lowest BCUT2D eigenvalue weighted by atomic mass is 10.0. The molecule has 1 nitrogen and oxygen atoms in total. The van der Waals surface area contributed by atoms with Crippen LogP contribution in [0.25, 0.3) is 0 Å². The van der Waals surface area contributed by atoms with Crippen LogP contribution in [0.3, 0.4) is 0 Å². The molecule has 1 heterocycles. The molecule has 1 aliphatic rings. The number of hydrogen-bond donors (Lipinski definition) is 0. The summed E-state index contributed by atoms with van der Waals surface area (Å²) in [5.74, 6) is -0.208. The first-order valence-corrected chi connectivity index (χ1v) is 5.30. The molecule has 2 atom stereocenters. The molecule has 2 heteroatoms. The highest BCUT2D eigenvalue weighted by Crippen LogP contribution is 2.50. The fraction of sp³-hybridized carbons (Fsp3) is 0.143. The van der Waals surface area contributed by atoms with Gasteiger partial charge in [-0.15, -0.1) is 0 Å². The molecule has 0 unspecified atom stereocenters. The van der Waals surface area contributed by atoms with Crippen LogP contribution in [0.4, 0.5) is 4.39 Å². The largest absolute Gasteiger partial charge is 0.359 e. The van der Waals surface area contributed by atoms with Gasteiger partial charge in [-0.1, -0.05) is 42.5 Å². The molecular formula is C14H11FO. The molecule has 0 N–H and O–H groups in total. The van der Waals surface area contributed by atoms with E-state index in [2.05, 4.69) is 0 Å². The van der Waals surface area contributed by atoms with E-state index >= 15 is 0 Å². The number of ether oxygens (including phenoxy) is 1. The third-order valence-electron chi connectivity index (χ3n) is 2.82. The average Bonchev–Trinajstić information content (AvgIpc) is 3.11. The monoisotopic (exact) mass is 214 g/mol. The van der Waals surface area contributed by atoms with Crippen molar-refractivity contribution < 1.29 is 9.13 Å². The summed E-state index contributed by atoms with van der Waals surface area (Å²) in [7, 11) is 0. The zero-order chi connectivity index (χ0) is 11.0. The Hall–Kier alpha value is -1.67. The summed E-state index contributed by atoms with van der Waals surface area (Å²) in [6.45, 7) is 0. The molecule has 0 bridgehead atoms. The number of epoxide rings is 1. The quantitative estimate of drug-likeness (QED) is 0.695. The van der Waals surface area contributed by atoms with Gasteiger partial charge in [0, 0.05) is 0 Å². The molecule has 0 amide bonds. The van der Waals surface area contributed by atoms with Gasteiger partial charge >= 0.3 is 0 Å². The van der Waals surface area contributed by atoms with Crippen LogP contribution in [0.1, 0.15) is 23.3 Å². The van der Waals surface area contributed by atoms with E-state index in [1.54, 1.807) is 12.1 Å². The van der Waals surface area contributed by atoms with Gasteiger partial charge in [0.1, 0.15) is 18.0 Å². The van der Waals surface area contributed by atoms with Crippen molar-refractivity contribution >= 4 is 0 Å². The van der Waals surface area contributed by atoms with Crippen molar-refractivity contribution in [3.8, 4) is 0 Å². The number of halogens is 1. The molecule has 2 aromatic carbocycles. The van der Waals surface area contributed by atoms with E-state index in [-0.39, 0.29) is 18.0 Å². The van der Waals surface area contributed by atoms with Crippen LogP contribution in [-0.4, -0.2) is 0 Å².